The van der Waals surface area contributed by atoms with Crippen LogP contribution >= 0.6 is 0 Å². The quantitative estimate of drug-likeness (QED) is 0.716. The molecule has 1 aromatic heterocycles. The van der Waals surface area contributed by atoms with Gasteiger partial charge in [-0.2, -0.15) is 0 Å². The summed E-state index contributed by atoms with van der Waals surface area (Å²) in [6.45, 7) is 2.26. The molecule has 1 aromatic rings. The van der Waals surface area contributed by atoms with Crippen LogP contribution < -0.4 is 5.32 Å². The SMILES string of the molecule is Cc1ccc(CN(C)C(=O)NCCOCC(=O)O)o1. The van der Waals surface area contributed by atoms with Crippen LogP contribution in [-0.2, 0) is 16.1 Å². The molecular formula is C12H18N2O5. The number of amides is 2. The van der Waals surface area contributed by atoms with E-state index in [1.807, 2.05) is 19.1 Å². The second-order valence-corrected chi connectivity index (χ2v) is 4.05. The molecule has 0 spiro atoms. The third kappa shape index (κ3) is 5.91. The largest absolute Gasteiger partial charge is 0.480 e. The second kappa shape index (κ2) is 7.42. The smallest absolute Gasteiger partial charge is 0.329 e. The van der Waals surface area contributed by atoms with Gasteiger partial charge < -0.3 is 24.5 Å². The number of urea groups is 1. The van der Waals surface area contributed by atoms with E-state index in [0.717, 1.165) is 5.76 Å². The zero-order valence-corrected chi connectivity index (χ0v) is 11.0. The van der Waals surface area contributed by atoms with Crippen molar-refractivity contribution < 1.29 is 23.8 Å². The molecule has 0 fully saturated rings. The number of nitrogens with zero attached hydrogens (tertiary/aromatic N) is 1. The minimum absolute atomic E-state index is 0.158. The van der Waals surface area contributed by atoms with Crippen LogP contribution in [-0.4, -0.2) is 48.8 Å². The highest BCUT2D eigenvalue weighted by Gasteiger charge is 2.10. The number of rotatable bonds is 7. The highest BCUT2D eigenvalue weighted by Crippen LogP contribution is 2.08. The van der Waals surface area contributed by atoms with Gasteiger partial charge in [0, 0.05) is 13.6 Å². The highest BCUT2D eigenvalue weighted by molar-refractivity contribution is 5.73. The van der Waals surface area contributed by atoms with Gasteiger partial charge >= 0.3 is 12.0 Å². The molecule has 0 atom stereocenters. The minimum atomic E-state index is -1.03. The van der Waals surface area contributed by atoms with Crippen LogP contribution in [0.2, 0.25) is 0 Å². The summed E-state index contributed by atoms with van der Waals surface area (Å²) in [5.74, 6) is 0.472. The Balaban J connectivity index is 2.20. The topological polar surface area (TPSA) is 92.0 Å². The molecule has 0 bridgehead atoms. The summed E-state index contributed by atoms with van der Waals surface area (Å²) < 4.78 is 10.2. The van der Waals surface area contributed by atoms with Gasteiger partial charge in [-0.1, -0.05) is 0 Å². The normalized spacial score (nSPS) is 10.2. The number of hydrogen-bond acceptors (Lipinski definition) is 4. The van der Waals surface area contributed by atoms with Crippen LogP contribution in [0.15, 0.2) is 16.5 Å². The lowest BCUT2D eigenvalue weighted by atomic mass is 10.4. The molecule has 106 valence electrons. The first-order valence-electron chi connectivity index (χ1n) is 5.83. The summed E-state index contributed by atoms with van der Waals surface area (Å²) in [6.07, 6.45) is 0. The number of carboxylic acids is 1. The summed E-state index contributed by atoms with van der Waals surface area (Å²) in [6, 6.07) is 3.38. The van der Waals surface area contributed by atoms with E-state index in [-0.39, 0.29) is 25.8 Å². The summed E-state index contributed by atoms with van der Waals surface area (Å²) in [4.78, 5) is 23.3. The van der Waals surface area contributed by atoms with Crippen molar-refractivity contribution in [1.29, 1.82) is 0 Å². The Morgan fingerprint density at radius 1 is 1.47 bits per heavy atom. The zero-order chi connectivity index (χ0) is 14.3. The van der Waals surface area contributed by atoms with Gasteiger partial charge in [0.05, 0.1) is 13.2 Å². The van der Waals surface area contributed by atoms with E-state index in [1.54, 1.807) is 7.05 Å². The summed E-state index contributed by atoms with van der Waals surface area (Å²) >= 11 is 0. The predicted octanol–water partition coefficient (Wildman–Crippen LogP) is 0.831. The number of carboxylic acid groups (broad SMARTS) is 1. The lowest BCUT2D eigenvalue weighted by Crippen LogP contribution is -2.38. The molecule has 0 saturated carbocycles. The summed E-state index contributed by atoms with van der Waals surface area (Å²) in [7, 11) is 1.64. The van der Waals surface area contributed by atoms with Gasteiger partial charge in [0.1, 0.15) is 18.1 Å². The fourth-order valence-corrected chi connectivity index (χ4v) is 1.40. The highest BCUT2D eigenvalue weighted by atomic mass is 16.5. The predicted molar refractivity (Wildman–Crippen MR) is 66.8 cm³/mol. The van der Waals surface area contributed by atoms with Crippen molar-refractivity contribution in [2.24, 2.45) is 0 Å². The van der Waals surface area contributed by atoms with E-state index in [4.69, 9.17) is 14.3 Å². The van der Waals surface area contributed by atoms with Gasteiger partial charge in [0.2, 0.25) is 0 Å². The Kier molecular flexibility index (Phi) is 5.87. The fourth-order valence-electron chi connectivity index (χ4n) is 1.40. The number of aliphatic carboxylic acids is 1. The fraction of sp³-hybridized carbons (Fsp3) is 0.500. The van der Waals surface area contributed by atoms with Crippen LogP contribution in [0.3, 0.4) is 0 Å². The first kappa shape index (κ1) is 15.0. The monoisotopic (exact) mass is 270 g/mol. The first-order valence-corrected chi connectivity index (χ1v) is 5.83. The maximum atomic E-state index is 11.7. The standard InChI is InChI=1S/C12H18N2O5/c1-9-3-4-10(19-9)7-14(2)12(17)13-5-6-18-8-11(15)16/h3-4H,5-8H2,1-2H3,(H,13,17)(H,15,16). The van der Waals surface area contributed by atoms with E-state index in [9.17, 15) is 9.59 Å². The van der Waals surface area contributed by atoms with Crippen LogP contribution in [0.25, 0.3) is 0 Å². The maximum absolute atomic E-state index is 11.7. The van der Waals surface area contributed by atoms with Crippen molar-refractivity contribution >= 4 is 12.0 Å². The number of carbonyl (C=O) groups is 2. The van der Waals surface area contributed by atoms with Gasteiger partial charge in [0.25, 0.3) is 0 Å². The van der Waals surface area contributed by atoms with Crippen LogP contribution in [0.5, 0.6) is 0 Å². The molecule has 2 amide bonds. The lowest BCUT2D eigenvalue weighted by molar-refractivity contribution is -0.142. The number of ether oxygens (including phenoxy) is 1. The number of aryl methyl sites for hydroxylation is 1. The molecule has 7 nitrogen and oxygen atoms in total. The Morgan fingerprint density at radius 3 is 2.79 bits per heavy atom. The first-order chi connectivity index (χ1) is 8.99. The van der Waals surface area contributed by atoms with Crippen molar-refractivity contribution in [2.75, 3.05) is 26.8 Å². The molecule has 7 heteroatoms. The maximum Gasteiger partial charge on any atom is 0.329 e. The molecular weight excluding hydrogens is 252 g/mol. The van der Waals surface area contributed by atoms with Crippen molar-refractivity contribution in [1.82, 2.24) is 10.2 Å². The van der Waals surface area contributed by atoms with Gasteiger partial charge in [-0.15, -0.1) is 0 Å². The van der Waals surface area contributed by atoms with Crippen molar-refractivity contribution in [2.45, 2.75) is 13.5 Å². The molecule has 2 N–H and O–H groups in total. The Labute approximate surface area is 111 Å². The Morgan fingerprint density at radius 2 is 2.21 bits per heavy atom. The number of nitrogens with one attached hydrogen (secondary N) is 1. The second-order valence-electron chi connectivity index (χ2n) is 4.05. The number of carbonyl (C=O) groups excluding carboxylic acids is 1. The van der Waals surface area contributed by atoms with Crippen LogP contribution in [0.1, 0.15) is 11.5 Å². The van der Waals surface area contributed by atoms with Crippen molar-refractivity contribution in [3.63, 3.8) is 0 Å². The Bertz CT molecular complexity index is 430. The van der Waals surface area contributed by atoms with Gasteiger partial charge in [-0.05, 0) is 19.1 Å². The van der Waals surface area contributed by atoms with Crippen LogP contribution in [0.4, 0.5) is 4.79 Å². The molecule has 0 aliphatic carbocycles. The summed E-state index contributed by atoms with van der Waals surface area (Å²) in [5, 5.41) is 11.0. The van der Waals surface area contributed by atoms with E-state index < -0.39 is 5.97 Å². The molecule has 0 saturated heterocycles. The third-order valence-electron chi connectivity index (χ3n) is 2.28. The van der Waals surface area contributed by atoms with E-state index in [1.165, 1.54) is 4.90 Å². The van der Waals surface area contributed by atoms with Gasteiger partial charge in [-0.3, -0.25) is 0 Å². The van der Waals surface area contributed by atoms with Crippen molar-refractivity contribution in [3.05, 3.63) is 23.7 Å². The van der Waals surface area contributed by atoms with Gasteiger partial charge in [0.15, 0.2) is 0 Å². The number of hydrogen-bond donors (Lipinski definition) is 2. The third-order valence-corrected chi connectivity index (χ3v) is 2.28. The number of furan rings is 1. The molecule has 0 aromatic carbocycles. The van der Waals surface area contributed by atoms with Gasteiger partial charge in [-0.25, -0.2) is 9.59 Å². The molecule has 1 rings (SSSR count). The average molecular weight is 270 g/mol. The lowest BCUT2D eigenvalue weighted by Gasteiger charge is -2.16. The molecule has 0 unspecified atom stereocenters. The van der Waals surface area contributed by atoms with Crippen LogP contribution in [0, 0.1) is 6.92 Å². The van der Waals surface area contributed by atoms with E-state index in [2.05, 4.69) is 5.32 Å². The zero-order valence-electron chi connectivity index (χ0n) is 11.0. The van der Waals surface area contributed by atoms with E-state index in [0.29, 0.717) is 12.3 Å². The molecule has 1 heterocycles. The van der Waals surface area contributed by atoms with Crippen molar-refractivity contribution in [3.8, 4) is 0 Å². The molecule has 0 aliphatic rings. The minimum Gasteiger partial charge on any atom is -0.480 e. The molecule has 19 heavy (non-hydrogen) atoms. The molecule has 0 aliphatic heterocycles. The summed E-state index contributed by atoms with van der Waals surface area (Å²) in [5.41, 5.74) is 0. The Hall–Kier alpha value is -2.02. The molecule has 0 radical (unpaired) electrons. The van der Waals surface area contributed by atoms with E-state index >= 15 is 0 Å². The average Bonchev–Trinajstić information content (AvgIpc) is 2.73.